The van der Waals surface area contributed by atoms with E-state index < -0.39 is 30.5 Å². The van der Waals surface area contributed by atoms with Gasteiger partial charge in [0.15, 0.2) is 6.61 Å². The van der Waals surface area contributed by atoms with Crippen LogP contribution in [0.4, 0.5) is 0 Å². The molecule has 3 rings (SSSR count). The summed E-state index contributed by atoms with van der Waals surface area (Å²) in [6.07, 6.45) is 4.81. The molecule has 28 heavy (non-hydrogen) atoms. The molecule has 148 valence electrons. The molecule has 0 unspecified atom stereocenters. The van der Waals surface area contributed by atoms with Crippen LogP contribution in [0.3, 0.4) is 0 Å². The van der Waals surface area contributed by atoms with Crippen LogP contribution in [0.2, 0.25) is 0 Å². The number of Topliss-reactive ketones (excluding diaryl/α,β-unsaturated/α-hetero) is 1. The largest absolute Gasteiger partial charge is 0.456 e. The Morgan fingerprint density at radius 2 is 1.54 bits per heavy atom. The summed E-state index contributed by atoms with van der Waals surface area (Å²) in [5.41, 5.74) is 3.40. The van der Waals surface area contributed by atoms with Crippen LogP contribution >= 0.6 is 0 Å². The summed E-state index contributed by atoms with van der Waals surface area (Å²) in [5.74, 6) is -2.51. The van der Waals surface area contributed by atoms with Gasteiger partial charge in [0.1, 0.15) is 6.04 Å². The smallest absolute Gasteiger partial charge is 0.329 e. The van der Waals surface area contributed by atoms with Crippen molar-refractivity contribution in [2.75, 3.05) is 6.61 Å². The van der Waals surface area contributed by atoms with Crippen molar-refractivity contribution >= 4 is 23.6 Å². The van der Waals surface area contributed by atoms with E-state index in [1.165, 1.54) is 6.92 Å². The first kappa shape index (κ1) is 20.0. The lowest BCUT2D eigenvalue weighted by Gasteiger charge is -2.21. The average molecular weight is 383 g/mol. The van der Waals surface area contributed by atoms with Crippen molar-refractivity contribution in [2.24, 2.45) is 11.8 Å². The van der Waals surface area contributed by atoms with E-state index in [4.69, 9.17) is 4.74 Å². The molecule has 2 amide bonds. The number of ketones is 1. The van der Waals surface area contributed by atoms with Crippen LogP contribution in [0.5, 0.6) is 0 Å². The number of amides is 2. The van der Waals surface area contributed by atoms with Crippen LogP contribution in [-0.4, -0.2) is 41.1 Å². The highest BCUT2D eigenvalue weighted by Crippen LogP contribution is 2.36. The lowest BCUT2D eigenvalue weighted by atomic mass is 9.85. The lowest BCUT2D eigenvalue weighted by Crippen LogP contribution is -2.44. The molecule has 1 aliphatic heterocycles. The number of fused-ring (bicyclic) bond motifs is 1. The van der Waals surface area contributed by atoms with Gasteiger partial charge in [-0.15, -0.1) is 0 Å². The average Bonchev–Trinajstić information content (AvgIpc) is 2.92. The zero-order valence-electron chi connectivity index (χ0n) is 16.7. The molecule has 2 aliphatic rings. The summed E-state index contributed by atoms with van der Waals surface area (Å²) in [6.45, 7) is 6.77. The minimum Gasteiger partial charge on any atom is -0.456 e. The topological polar surface area (TPSA) is 80.8 Å². The van der Waals surface area contributed by atoms with E-state index in [0.29, 0.717) is 18.4 Å². The molecule has 1 aromatic carbocycles. The second kappa shape index (κ2) is 7.70. The summed E-state index contributed by atoms with van der Waals surface area (Å²) in [6, 6.07) is 2.67. The molecule has 0 bridgehead atoms. The van der Waals surface area contributed by atoms with Crippen molar-refractivity contribution in [1.82, 2.24) is 4.90 Å². The van der Waals surface area contributed by atoms with Crippen LogP contribution in [0, 0.1) is 32.6 Å². The SMILES string of the molecule is Cc1cc(C)c(C(=O)COC(=O)[C@H](C)N2C(=O)[C@@H]3CC=CC[C@H]3C2=O)cc1C. The maximum atomic E-state index is 12.6. The van der Waals surface area contributed by atoms with Crippen LogP contribution in [0.15, 0.2) is 24.3 Å². The van der Waals surface area contributed by atoms with Crippen LogP contribution in [0.25, 0.3) is 0 Å². The number of carbonyl (C=O) groups excluding carboxylic acids is 4. The fraction of sp³-hybridized carbons (Fsp3) is 0.455. The number of benzene rings is 1. The Balaban J connectivity index is 1.65. The number of likely N-dealkylation sites (tertiary alicyclic amines) is 1. The Bertz CT molecular complexity index is 859. The summed E-state index contributed by atoms with van der Waals surface area (Å²) in [7, 11) is 0. The third-order valence-corrected chi connectivity index (χ3v) is 5.76. The number of carbonyl (C=O) groups is 4. The predicted octanol–water partition coefficient (Wildman–Crippen LogP) is 2.68. The molecule has 6 nitrogen and oxygen atoms in total. The quantitative estimate of drug-likeness (QED) is 0.338. The van der Waals surface area contributed by atoms with Gasteiger partial charge in [-0.3, -0.25) is 19.3 Å². The van der Waals surface area contributed by atoms with Gasteiger partial charge < -0.3 is 4.74 Å². The Kier molecular flexibility index (Phi) is 5.49. The number of nitrogens with zero attached hydrogens (tertiary/aromatic N) is 1. The normalized spacial score (nSPS) is 22.2. The highest BCUT2D eigenvalue weighted by atomic mass is 16.5. The molecule has 1 aliphatic carbocycles. The second-order valence-electron chi connectivity index (χ2n) is 7.66. The number of hydrogen-bond donors (Lipinski definition) is 0. The first-order chi connectivity index (χ1) is 13.2. The zero-order valence-corrected chi connectivity index (χ0v) is 16.7. The fourth-order valence-electron chi connectivity index (χ4n) is 3.91. The van der Waals surface area contributed by atoms with Crippen molar-refractivity contribution in [2.45, 2.75) is 46.6 Å². The number of allylic oxidation sites excluding steroid dienone is 2. The Hall–Kier alpha value is -2.76. The molecular weight excluding hydrogens is 358 g/mol. The Morgan fingerprint density at radius 1 is 1.00 bits per heavy atom. The van der Waals surface area contributed by atoms with Crippen LogP contribution in [0.1, 0.15) is 46.8 Å². The van der Waals surface area contributed by atoms with E-state index in [1.807, 2.05) is 39.0 Å². The van der Waals surface area contributed by atoms with Crippen molar-refractivity contribution < 1.29 is 23.9 Å². The molecular formula is C22H25NO5. The van der Waals surface area contributed by atoms with Crippen LogP contribution < -0.4 is 0 Å². The van der Waals surface area contributed by atoms with Crippen molar-refractivity contribution in [3.05, 3.63) is 46.5 Å². The summed E-state index contributed by atoms with van der Waals surface area (Å²) < 4.78 is 5.16. The van der Waals surface area contributed by atoms with E-state index in [9.17, 15) is 19.2 Å². The van der Waals surface area contributed by atoms with Crippen molar-refractivity contribution in [3.8, 4) is 0 Å². The molecule has 1 aromatic rings. The molecule has 3 atom stereocenters. The standard InChI is InChI=1S/C22H25NO5/c1-12-9-14(3)18(10-13(12)2)19(24)11-28-22(27)15(4)23-20(25)16-7-5-6-8-17(16)21(23)26/h5-6,9-10,15-17H,7-8,11H2,1-4H3/t15-,16+,17+/m0/s1. The van der Waals surface area contributed by atoms with Crippen molar-refractivity contribution in [3.63, 3.8) is 0 Å². The summed E-state index contributed by atoms with van der Waals surface area (Å²) in [4.78, 5) is 51.1. The summed E-state index contributed by atoms with van der Waals surface area (Å²) >= 11 is 0. The molecule has 0 aromatic heterocycles. The van der Waals surface area contributed by atoms with Gasteiger partial charge in [0.05, 0.1) is 11.8 Å². The molecule has 1 fully saturated rings. The van der Waals surface area contributed by atoms with Gasteiger partial charge in [0.25, 0.3) is 0 Å². The van der Waals surface area contributed by atoms with E-state index in [1.54, 1.807) is 6.07 Å². The van der Waals surface area contributed by atoms with Crippen LogP contribution in [-0.2, 0) is 19.1 Å². The monoisotopic (exact) mass is 383 g/mol. The van der Waals surface area contributed by atoms with E-state index in [-0.39, 0.29) is 17.6 Å². The third-order valence-electron chi connectivity index (χ3n) is 5.76. The maximum Gasteiger partial charge on any atom is 0.329 e. The number of rotatable bonds is 5. The van der Waals surface area contributed by atoms with Gasteiger partial charge in [-0.2, -0.15) is 0 Å². The van der Waals surface area contributed by atoms with Gasteiger partial charge in [0, 0.05) is 5.56 Å². The first-order valence-corrected chi connectivity index (χ1v) is 9.52. The molecule has 0 saturated carbocycles. The van der Waals surface area contributed by atoms with Gasteiger partial charge in [-0.1, -0.05) is 18.2 Å². The van der Waals surface area contributed by atoms with E-state index >= 15 is 0 Å². The van der Waals surface area contributed by atoms with Gasteiger partial charge >= 0.3 is 5.97 Å². The summed E-state index contributed by atoms with van der Waals surface area (Å²) in [5, 5.41) is 0. The first-order valence-electron chi connectivity index (χ1n) is 9.52. The highest BCUT2D eigenvalue weighted by Gasteiger charge is 2.50. The van der Waals surface area contributed by atoms with Gasteiger partial charge in [-0.25, -0.2) is 4.79 Å². The number of aryl methyl sites for hydroxylation is 3. The number of imide groups is 1. The number of esters is 1. The molecule has 6 heteroatoms. The number of hydrogen-bond acceptors (Lipinski definition) is 5. The molecule has 1 saturated heterocycles. The fourth-order valence-corrected chi connectivity index (χ4v) is 3.91. The van der Waals surface area contributed by atoms with E-state index in [0.717, 1.165) is 21.6 Å². The predicted molar refractivity (Wildman–Crippen MR) is 103 cm³/mol. The van der Waals surface area contributed by atoms with Gasteiger partial charge in [0.2, 0.25) is 17.6 Å². The Morgan fingerprint density at radius 3 is 2.11 bits per heavy atom. The minimum atomic E-state index is -1.04. The number of ether oxygens (including phenoxy) is 1. The van der Waals surface area contributed by atoms with E-state index in [2.05, 4.69) is 0 Å². The van der Waals surface area contributed by atoms with Gasteiger partial charge in [-0.05, 0) is 63.3 Å². The van der Waals surface area contributed by atoms with Crippen molar-refractivity contribution in [1.29, 1.82) is 0 Å². The Labute approximate surface area is 164 Å². The highest BCUT2D eigenvalue weighted by molar-refractivity contribution is 6.08. The lowest BCUT2D eigenvalue weighted by molar-refractivity contribution is -0.157. The molecule has 0 N–H and O–H groups in total. The molecule has 1 heterocycles. The third kappa shape index (κ3) is 3.51. The minimum absolute atomic E-state index is 0.307. The molecule has 0 radical (unpaired) electrons. The second-order valence-corrected chi connectivity index (χ2v) is 7.66. The maximum absolute atomic E-state index is 12.6. The zero-order chi connectivity index (χ0) is 20.6. The molecule has 0 spiro atoms.